The van der Waals surface area contributed by atoms with Crippen molar-refractivity contribution in [1.82, 2.24) is 10.2 Å². The molecule has 0 aliphatic heterocycles. The number of aliphatic hydroxyl groups is 1. The smallest absolute Gasteiger partial charge is 0.0704 e. The van der Waals surface area contributed by atoms with Gasteiger partial charge in [-0.15, -0.1) is 13.1 Å². The Hall–Kier alpha value is 10.1. The second kappa shape index (κ2) is 46.3. The molecule has 0 aliphatic carbocycles. The van der Waals surface area contributed by atoms with E-state index in [-0.39, 0.29) is 334 Å². The first-order chi connectivity index (χ1) is 4.34. The molecule has 0 fully saturated rings. The van der Waals surface area contributed by atoms with Crippen molar-refractivity contribution in [3.8, 4) is 0 Å². The van der Waals surface area contributed by atoms with Crippen molar-refractivity contribution in [3.63, 3.8) is 0 Å². The van der Waals surface area contributed by atoms with Crippen LogP contribution in [0.2, 0.25) is 0 Å². The van der Waals surface area contributed by atoms with Crippen LogP contribution in [0.1, 0.15) is 11.3 Å². The SMILES string of the molecule is Cc1c[c-]nnc1CO.[Y].[Y].[Y].[Y].[Y].[Y].[Y].[Y].[Y].[Y]. The van der Waals surface area contributed by atoms with Gasteiger partial charge in [0.05, 0.1) is 6.61 Å². The van der Waals surface area contributed by atoms with E-state index in [0.29, 0.717) is 5.69 Å². The molecule has 0 amide bonds. The molecule has 0 bridgehead atoms. The Morgan fingerprint density at radius 3 is 1.47 bits per heavy atom. The molecule has 0 saturated heterocycles. The molecule has 3 nitrogen and oxygen atoms in total. The van der Waals surface area contributed by atoms with E-state index in [4.69, 9.17) is 5.11 Å². The van der Waals surface area contributed by atoms with E-state index < -0.39 is 0 Å². The standard InChI is InChI=1S/C6H7N2O.10Y/c1-5-2-3-7-8-6(5)4-9;;;;;;;;;;/h2,9H,4H2,1H3;;;;;;;;;;/q-1;;;;;;;;;;. The van der Waals surface area contributed by atoms with Crippen LogP contribution in [0, 0.1) is 13.1 Å². The van der Waals surface area contributed by atoms with Crippen molar-refractivity contribution in [3.05, 3.63) is 23.5 Å². The molecule has 0 saturated carbocycles. The molecule has 1 heterocycles. The average molecular weight is 1010 g/mol. The maximum atomic E-state index is 8.60. The van der Waals surface area contributed by atoms with Gasteiger partial charge in [-0.05, 0) is 0 Å². The van der Waals surface area contributed by atoms with Gasteiger partial charge in [0.2, 0.25) is 0 Å². The van der Waals surface area contributed by atoms with E-state index in [2.05, 4.69) is 16.4 Å². The van der Waals surface area contributed by atoms with Crippen LogP contribution in [0.25, 0.3) is 0 Å². The molecule has 0 aliphatic rings. The van der Waals surface area contributed by atoms with Crippen LogP contribution in [0.5, 0.6) is 0 Å². The van der Waals surface area contributed by atoms with Crippen LogP contribution in [-0.4, -0.2) is 15.3 Å². The normalized spacial score (nSPS) is 4.53. The number of aryl methyl sites for hydroxylation is 1. The summed E-state index contributed by atoms with van der Waals surface area (Å²) >= 11 is 0. The van der Waals surface area contributed by atoms with Gasteiger partial charge >= 0.3 is 0 Å². The van der Waals surface area contributed by atoms with E-state index >= 15 is 0 Å². The van der Waals surface area contributed by atoms with Crippen molar-refractivity contribution in [1.29, 1.82) is 0 Å². The summed E-state index contributed by atoms with van der Waals surface area (Å²) in [5, 5.41) is 15.7. The zero-order valence-electron chi connectivity index (χ0n) is 10.9. The van der Waals surface area contributed by atoms with E-state index in [9.17, 15) is 0 Å². The molecule has 1 aromatic rings. The molecular weight excluding hydrogens is 1010 g/mol. The van der Waals surface area contributed by atoms with Gasteiger partial charge in [0.25, 0.3) is 0 Å². The van der Waals surface area contributed by atoms with Gasteiger partial charge < -0.3 is 5.11 Å². The zero-order chi connectivity index (χ0) is 6.69. The van der Waals surface area contributed by atoms with Crippen molar-refractivity contribution in [2.24, 2.45) is 0 Å². The maximum absolute atomic E-state index is 8.60. The number of rotatable bonds is 1. The molecule has 13 heteroatoms. The van der Waals surface area contributed by atoms with Gasteiger partial charge in [-0.25, -0.2) is 6.07 Å². The summed E-state index contributed by atoms with van der Waals surface area (Å²) in [5.41, 5.74) is 1.54. The Morgan fingerprint density at radius 1 is 0.895 bits per heavy atom. The van der Waals surface area contributed by atoms with Gasteiger partial charge in [0.15, 0.2) is 0 Å². The first-order valence-corrected chi connectivity index (χ1v) is 2.64. The van der Waals surface area contributed by atoms with E-state index in [0.717, 1.165) is 5.56 Å². The first kappa shape index (κ1) is 63.0. The third kappa shape index (κ3) is 35.9. The molecule has 0 aromatic carbocycles. The summed E-state index contributed by atoms with van der Waals surface area (Å²) in [5.74, 6) is 0. The molecule has 19 heavy (non-hydrogen) atoms. The summed E-state index contributed by atoms with van der Waals surface area (Å²) in [4.78, 5) is 0. The predicted molar refractivity (Wildman–Crippen MR) is 31.5 cm³/mol. The van der Waals surface area contributed by atoms with Gasteiger partial charge in [0, 0.05) is 333 Å². The molecular formula is C6H7N2OY10-. The third-order valence-electron chi connectivity index (χ3n) is 1.11. The van der Waals surface area contributed by atoms with Crippen molar-refractivity contribution in [2.75, 3.05) is 0 Å². The van der Waals surface area contributed by atoms with Crippen LogP contribution in [-0.2, 0) is 334 Å². The van der Waals surface area contributed by atoms with E-state index in [1.54, 1.807) is 6.07 Å². The fourth-order valence-electron chi connectivity index (χ4n) is 0.533. The molecule has 0 atom stereocenters. The number of hydrogen-bond acceptors (Lipinski definition) is 3. The number of nitrogens with zero attached hydrogens (tertiary/aromatic N) is 2. The summed E-state index contributed by atoms with van der Waals surface area (Å²) in [6, 6.07) is 1.69. The van der Waals surface area contributed by atoms with Gasteiger partial charge in [-0.3, -0.25) is 5.10 Å². The third-order valence-corrected chi connectivity index (χ3v) is 1.11. The predicted octanol–water partition coefficient (Wildman–Crippen LogP) is 0.0525. The van der Waals surface area contributed by atoms with Crippen molar-refractivity contribution < 1.29 is 332 Å². The summed E-state index contributed by atoms with van der Waals surface area (Å²) in [6.45, 7) is 1.81. The first-order valence-electron chi connectivity index (χ1n) is 2.64. The van der Waals surface area contributed by atoms with Crippen LogP contribution in [0.3, 0.4) is 0 Å². The minimum atomic E-state index is -0.0481. The van der Waals surface area contributed by atoms with E-state index in [1.165, 1.54) is 0 Å². The fraction of sp³-hybridized carbons (Fsp3) is 0.333. The summed E-state index contributed by atoms with van der Waals surface area (Å²) in [6.07, 6.45) is 2.56. The number of aromatic nitrogens is 2. The summed E-state index contributed by atoms with van der Waals surface area (Å²) in [7, 11) is 0. The Morgan fingerprint density at radius 2 is 1.26 bits per heavy atom. The molecule has 1 rings (SSSR count). The van der Waals surface area contributed by atoms with Gasteiger partial charge in [-0.2, -0.15) is 10.7 Å². The number of aliphatic hydroxyl groups excluding tert-OH is 1. The maximum Gasteiger partial charge on any atom is 0.0704 e. The van der Waals surface area contributed by atoms with Crippen LogP contribution >= 0.6 is 0 Å². The van der Waals surface area contributed by atoms with E-state index in [1.807, 2.05) is 6.92 Å². The molecule has 0 unspecified atom stereocenters. The topological polar surface area (TPSA) is 46.0 Å². The average Bonchev–Trinajstić information content (AvgIpc) is 1.89. The largest absolute Gasteiger partial charge is 0.392 e. The fourth-order valence-corrected chi connectivity index (χ4v) is 0.533. The monoisotopic (exact) mass is 1010 g/mol. The minimum Gasteiger partial charge on any atom is -0.392 e. The zero-order valence-corrected chi connectivity index (χ0v) is 39.3. The molecule has 1 aromatic heterocycles. The second-order valence-corrected chi connectivity index (χ2v) is 1.76. The molecule has 1 N–H and O–H groups in total. The quantitative estimate of drug-likeness (QED) is 0.406. The molecule has 0 spiro atoms. The Balaban J connectivity index is -0.0000000101. The Bertz CT molecular complexity index is 219. The molecule has 78 valence electrons. The van der Waals surface area contributed by atoms with Gasteiger partial charge in [0.1, 0.15) is 0 Å². The Labute approximate surface area is 367 Å². The Kier molecular flexibility index (Phi) is 154. The van der Waals surface area contributed by atoms with Crippen molar-refractivity contribution >= 4 is 0 Å². The van der Waals surface area contributed by atoms with Crippen LogP contribution in [0.15, 0.2) is 6.07 Å². The van der Waals surface area contributed by atoms with Crippen molar-refractivity contribution in [2.45, 2.75) is 13.5 Å². The minimum absolute atomic E-state index is 0. The van der Waals surface area contributed by atoms with Crippen LogP contribution < -0.4 is 0 Å². The number of hydrogen-bond donors (Lipinski definition) is 1. The molecule has 10 radical (unpaired) electrons. The van der Waals surface area contributed by atoms with Crippen LogP contribution in [0.4, 0.5) is 0 Å². The summed E-state index contributed by atoms with van der Waals surface area (Å²) < 4.78 is 0. The second-order valence-electron chi connectivity index (χ2n) is 1.76. The van der Waals surface area contributed by atoms with Gasteiger partial charge in [-0.1, -0.05) is 0 Å².